The number of hydrogen-bond donors (Lipinski definition) is 0. The van der Waals surface area contributed by atoms with Crippen LogP contribution in [0.25, 0.3) is 0 Å². The maximum atomic E-state index is 7.35. The molecule has 2 fully saturated rings. The molecule has 3 aliphatic rings. The van der Waals surface area contributed by atoms with Gasteiger partial charge >= 0.3 is 0 Å². The van der Waals surface area contributed by atoms with Crippen molar-refractivity contribution in [2.45, 2.75) is 135 Å². The fourth-order valence-corrected chi connectivity index (χ4v) is 10.2. The van der Waals surface area contributed by atoms with Gasteiger partial charge in [-0.2, -0.15) is 0 Å². The summed E-state index contributed by atoms with van der Waals surface area (Å²) >= 11 is 2.25. The maximum absolute atomic E-state index is 7.35. The molecule has 1 aromatic carbocycles. The summed E-state index contributed by atoms with van der Waals surface area (Å²) < 4.78 is 17.4. The highest BCUT2D eigenvalue weighted by Gasteiger charge is 2.64. The molecular weight excluding hydrogens is 599 g/mol. The molecule has 3 aliphatic carbocycles. The Hall–Kier alpha value is -0.296. The van der Waals surface area contributed by atoms with Crippen molar-refractivity contribution in [2.75, 3.05) is 0 Å². The van der Waals surface area contributed by atoms with Crippen LogP contribution in [0, 0.1) is 27.1 Å². The lowest BCUT2D eigenvalue weighted by molar-refractivity contribution is -0.0564. The van der Waals surface area contributed by atoms with E-state index in [1.165, 1.54) is 37.7 Å². The van der Waals surface area contributed by atoms with Gasteiger partial charge in [0.1, 0.15) is 11.4 Å². The van der Waals surface area contributed by atoms with E-state index < -0.39 is 16.6 Å². The fraction of sp³-hybridized carbons (Fsp3) is 0.750. The molecule has 206 valence electrons. The van der Waals surface area contributed by atoms with Crippen LogP contribution >= 0.6 is 22.6 Å². The first-order valence-electron chi connectivity index (χ1n) is 14.5. The summed E-state index contributed by atoms with van der Waals surface area (Å²) in [5.41, 5.74) is 2.97. The third-order valence-electron chi connectivity index (χ3n) is 11.5. The number of rotatable bonds is 4. The molecule has 1 aromatic rings. The van der Waals surface area contributed by atoms with Crippen LogP contribution in [0.3, 0.4) is 0 Å². The lowest BCUT2D eigenvalue weighted by Crippen LogP contribution is -2.57. The average Bonchev–Trinajstić information content (AvgIpc) is 3.03. The molecule has 0 radical (unpaired) electrons. The van der Waals surface area contributed by atoms with Gasteiger partial charge < -0.3 is 8.85 Å². The van der Waals surface area contributed by atoms with Crippen LogP contribution in [-0.2, 0) is 10.8 Å². The predicted octanol–water partition coefficient (Wildman–Crippen LogP) is 10.1. The van der Waals surface area contributed by atoms with Crippen molar-refractivity contribution in [1.29, 1.82) is 0 Å². The van der Waals surface area contributed by atoms with E-state index in [1.54, 1.807) is 5.56 Å². The van der Waals surface area contributed by atoms with E-state index in [2.05, 4.69) is 125 Å². The van der Waals surface area contributed by atoms with Gasteiger partial charge in [-0.1, -0.05) is 60.5 Å². The van der Waals surface area contributed by atoms with E-state index in [-0.39, 0.29) is 21.1 Å². The molecule has 0 amide bonds. The van der Waals surface area contributed by atoms with Gasteiger partial charge in [-0.05, 0) is 120 Å². The zero-order chi connectivity index (χ0) is 27.7. The molecule has 2 nitrogen and oxygen atoms in total. The van der Waals surface area contributed by atoms with Gasteiger partial charge in [0.25, 0.3) is 0 Å². The summed E-state index contributed by atoms with van der Waals surface area (Å²) in [6.07, 6.45) is 7.26. The molecule has 0 aliphatic heterocycles. The Kier molecular flexibility index (Phi) is 7.75. The van der Waals surface area contributed by atoms with Crippen molar-refractivity contribution in [3.8, 4) is 15.6 Å². The highest BCUT2D eigenvalue weighted by molar-refractivity contribution is 14.1. The molecule has 0 N–H and O–H groups in total. The Balaban J connectivity index is 1.62. The Morgan fingerprint density at radius 2 is 1.57 bits per heavy atom. The Morgan fingerprint density at radius 3 is 2.16 bits per heavy atom. The molecule has 4 rings (SSSR count). The first-order valence-corrected chi connectivity index (χ1v) is 21.4. The lowest BCUT2D eigenvalue weighted by atomic mass is 9.53. The van der Waals surface area contributed by atoms with Crippen molar-refractivity contribution in [1.82, 2.24) is 0 Å². The number of halogens is 1. The van der Waals surface area contributed by atoms with Crippen LogP contribution in [-0.4, -0.2) is 22.2 Å². The molecule has 2 saturated carbocycles. The van der Waals surface area contributed by atoms with Gasteiger partial charge in [0.05, 0.1) is 0 Å². The number of fused-ring (bicyclic) bond motifs is 5. The third kappa shape index (κ3) is 5.04. The van der Waals surface area contributed by atoms with Crippen LogP contribution in [0.15, 0.2) is 18.2 Å². The second-order valence-electron chi connectivity index (χ2n) is 15.5. The Bertz CT molecular complexity index is 1090. The molecular formula is C32H51IO2Si2. The topological polar surface area (TPSA) is 18.5 Å². The second kappa shape index (κ2) is 9.66. The zero-order valence-corrected chi connectivity index (χ0v) is 29.6. The van der Waals surface area contributed by atoms with Crippen molar-refractivity contribution in [3.63, 3.8) is 0 Å². The number of hydrogen-bond acceptors (Lipinski definition) is 2. The minimum absolute atomic E-state index is 0.130. The van der Waals surface area contributed by atoms with E-state index in [4.69, 9.17) is 8.85 Å². The Labute approximate surface area is 243 Å². The van der Waals surface area contributed by atoms with E-state index in [0.29, 0.717) is 11.8 Å². The third-order valence-corrected chi connectivity index (χ3v) is 20.6. The molecule has 0 unspecified atom stereocenters. The van der Waals surface area contributed by atoms with Crippen molar-refractivity contribution in [2.24, 2.45) is 17.3 Å². The van der Waals surface area contributed by atoms with E-state index in [0.717, 1.165) is 18.1 Å². The molecule has 5 heteroatoms. The van der Waals surface area contributed by atoms with Crippen LogP contribution < -0.4 is 4.43 Å². The van der Waals surface area contributed by atoms with Gasteiger partial charge in [0.15, 0.2) is 8.32 Å². The summed E-state index contributed by atoms with van der Waals surface area (Å²) in [6.45, 7) is 26.1. The quantitative estimate of drug-likeness (QED) is 0.183. The van der Waals surface area contributed by atoms with Crippen LogP contribution in [0.1, 0.15) is 97.6 Å². The molecule has 0 aromatic heterocycles. The minimum Gasteiger partial charge on any atom is -0.543 e. The van der Waals surface area contributed by atoms with Gasteiger partial charge in [0, 0.05) is 28.0 Å². The highest BCUT2D eigenvalue weighted by Crippen LogP contribution is 2.66. The molecule has 0 saturated heterocycles. The van der Waals surface area contributed by atoms with Crippen LogP contribution in [0.2, 0.25) is 36.3 Å². The summed E-state index contributed by atoms with van der Waals surface area (Å²) in [6, 6.07) is 7.09. The number of aryl methyl sites for hydroxylation is 1. The maximum Gasteiger partial charge on any atom is 0.250 e. The minimum atomic E-state index is -1.96. The van der Waals surface area contributed by atoms with Gasteiger partial charge in [-0.3, -0.25) is 0 Å². The molecule has 5 atom stereocenters. The average molecular weight is 651 g/mol. The molecule has 0 heterocycles. The Morgan fingerprint density at radius 1 is 0.919 bits per heavy atom. The SMILES string of the molecule is CC(C)(C)[Si](C)(C)Oc1ccc2c(c1)CC[C@@H]1[C@@H]2CC[C@@]2(C)[C@H]1CC[C@]2(C#CI)O[Si](C)(C)C(C)(C)C. The largest absolute Gasteiger partial charge is 0.543 e. The summed E-state index contributed by atoms with van der Waals surface area (Å²) in [5, 5.41) is 0.399. The smallest absolute Gasteiger partial charge is 0.250 e. The summed E-state index contributed by atoms with van der Waals surface area (Å²) in [5.74, 6) is 6.89. The first-order chi connectivity index (χ1) is 16.9. The van der Waals surface area contributed by atoms with E-state index in [9.17, 15) is 0 Å². The van der Waals surface area contributed by atoms with Crippen molar-refractivity contribution in [3.05, 3.63) is 29.3 Å². The van der Waals surface area contributed by atoms with Crippen LogP contribution in [0.5, 0.6) is 5.75 Å². The van der Waals surface area contributed by atoms with Crippen molar-refractivity contribution >= 4 is 39.2 Å². The molecule has 0 spiro atoms. The summed E-state index contributed by atoms with van der Waals surface area (Å²) in [7, 11) is -3.79. The molecule has 37 heavy (non-hydrogen) atoms. The van der Waals surface area contributed by atoms with E-state index >= 15 is 0 Å². The fourth-order valence-electron chi connectivity index (χ4n) is 7.13. The first kappa shape index (κ1) is 29.7. The monoisotopic (exact) mass is 650 g/mol. The predicted molar refractivity (Wildman–Crippen MR) is 172 cm³/mol. The summed E-state index contributed by atoms with van der Waals surface area (Å²) in [4.78, 5) is 0. The lowest BCUT2D eigenvalue weighted by Gasteiger charge is -2.55. The van der Waals surface area contributed by atoms with Gasteiger partial charge in [-0.25, -0.2) is 0 Å². The molecule has 0 bridgehead atoms. The van der Waals surface area contributed by atoms with Gasteiger partial charge in [-0.15, -0.1) is 0 Å². The highest BCUT2D eigenvalue weighted by atomic mass is 127. The van der Waals surface area contributed by atoms with Gasteiger partial charge in [0.2, 0.25) is 8.32 Å². The number of benzene rings is 1. The normalized spacial score (nSPS) is 32.1. The van der Waals surface area contributed by atoms with Crippen molar-refractivity contribution < 1.29 is 8.85 Å². The van der Waals surface area contributed by atoms with Crippen LogP contribution in [0.4, 0.5) is 0 Å². The second-order valence-corrected chi connectivity index (χ2v) is 25.5. The zero-order valence-electron chi connectivity index (χ0n) is 25.4. The van der Waals surface area contributed by atoms with E-state index in [1.807, 2.05) is 0 Å². The standard InChI is InChI=1S/C32H51IO2Si2/c1-29(2,3)36(8,9)34-24-13-15-25-23(22-24)12-14-27-26(25)16-18-31(7)28(27)17-19-32(31,20-21-33)35-37(10,11)30(4,5)6/h13,15,22,26-28H,12,14,16-19H2,1-11H3/t26-,27-,28+,31+,32-/m1/s1.